The number of aromatic nitrogens is 1. The molecule has 0 atom stereocenters. The third-order valence-corrected chi connectivity index (χ3v) is 5.90. The van der Waals surface area contributed by atoms with Crippen LogP contribution in [0.3, 0.4) is 0 Å². The summed E-state index contributed by atoms with van der Waals surface area (Å²) in [6.45, 7) is 0.718. The van der Waals surface area contributed by atoms with E-state index < -0.39 is 17.6 Å². The van der Waals surface area contributed by atoms with Gasteiger partial charge >= 0.3 is 6.18 Å². The van der Waals surface area contributed by atoms with Gasteiger partial charge < -0.3 is 15.0 Å². The van der Waals surface area contributed by atoms with E-state index in [4.69, 9.17) is 10.5 Å². The molecule has 1 amide bonds. The van der Waals surface area contributed by atoms with Crippen LogP contribution in [-0.4, -0.2) is 10.5 Å². The van der Waals surface area contributed by atoms with Crippen LogP contribution in [0.2, 0.25) is 0 Å². The fourth-order valence-electron chi connectivity index (χ4n) is 4.21. The molecule has 0 aliphatic heterocycles. The number of halogens is 3. The van der Waals surface area contributed by atoms with E-state index in [9.17, 15) is 18.0 Å². The van der Waals surface area contributed by atoms with Crippen LogP contribution < -0.4 is 10.5 Å². The zero-order valence-corrected chi connectivity index (χ0v) is 18.5. The Morgan fingerprint density at radius 1 is 0.914 bits per heavy atom. The fraction of sp³-hybridized carbons (Fsp3) is 0.107. The van der Waals surface area contributed by atoms with Crippen molar-refractivity contribution in [1.29, 1.82) is 0 Å². The lowest BCUT2D eigenvalue weighted by molar-refractivity contribution is -0.137. The predicted octanol–water partition coefficient (Wildman–Crippen LogP) is 6.34. The second-order valence-electron chi connectivity index (χ2n) is 8.21. The van der Waals surface area contributed by atoms with Gasteiger partial charge in [-0.05, 0) is 53.6 Å². The Hall–Kier alpha value is -4.26. The normalized spacial score (nSPS) is 11.7. The van der Waals surface area contributed by atoms with E-state index in [0.717, 1.165) is 23.3 Å². The molecular weight excluding hydrogens is 453 g/mol. The first-order chi connectivity index (χ1) is 16.8. The van der Waals surface area contributed by atoms with Crippen LogP contribution in [0.15, 0.2) is 84.9 Å². The SMILES string of the molecule is NC(=O)c1cccc2c1c1[c]cc(C(F)(F)F)cc1n2Cc1ccc(OCc2ccccc2)cc1. The molecule has 0 saturated carbocycles. The largest absolute Gasteiger partial charge is 0.489 e. The van der Waals surface area contributed by atoms with Crippen molar-refractivity contribution in [2.45, 2.75) is 19.3 Å². The molecule has 0 unspecified atom stereocenters. The van der Waals surface area contributed by atoms with E-state index in [-0.39, 0.29) is 12.1 Å². The monoisotopic (exact) mass is 473 g/mol. The van der Waals surface area contributed by atoms with Crippen molar-refractivity contribution in [1.82, 2.24) is 4.57 Å². The molecule has 4 nitrogen and oxygen atoms in total. The van der Waals surface area contributed by atoms with Crippen LogP contribution in [0.1, 0.15) is 27.0 Å². The van der Waals surface area contributed by atoms with E-state index in [1.54, 1.807) is 22.8 Å². The van der Waals surface area contributed by atoms with Gasteiger partial charge in [0.25, 0.3) is 0 Å². The van der Waals surface area contributed by atoms with Gasteiger partial charge in [-0.25, -0.2) is 0 Å². The maximum absolute atomic E-state index is 13.5. The summed E-state index contributed by atoms with van der Waals surface area (Å²) in [4.78, 5) is 12.1. The minimum absolute atomic E-state index is 0.243. The van der Waals surface area contributed by atoms with Crippen molar-refractivity contribution in [2.75, 3.05) is 0 Å². The Kier molecular flexibility index (Phi) is 5.68. The van der Waals surface area contributed by atoms with Crippen LogP contribution >= 0.6 is 0 Å². The topological polar surface area (TPSA) is 57.2 Å². The van der Waals surface area contributed by atoms with Crippen LogP contribution in [0.25, 0.3) is 21.8 Å². The van der Waals surface area contributed by atoms with Crippen LogP contribution in [-0.2, 0) is 19.3 Å². The van der Waals surface area contributed by atoms with Gasteiger partial charge in [0.05, 0.1) is 16.6 Å². The highest BCUT2D eigenvalue weighted by Gasteiger charge is 2.31. The first-order valence-electron chi connectivity index (χ1n) is 10.9. The van der Waals surface area contributed by atoms with Gasteiger partial charge in [0.2, 0.25) is 5.91 Å². The first-order valence-corrected chi connectivity index (χ1v) is 10.9. The number of hydrogen-bond acceptors (Lipinski definition) is 2. The van der Waals surface area contributed by atoms with E-state index >= 15 is 0 Å². The number of amides is 1. The third-order valence-electron chi connectivity index (χ3n) is 5.90. The minimum Gasteiger partial charge on any atom is -0.489 e. The molecule has 2 N–H and O–H groups in total. The quantitative estimate of drug-likeness (QED) is 0.313. The minimum atomic E-state index is -4.52. The number of ether oxygens (including phenoxy) is 1. The summed E-state index contributed by atoms with van der Waals surface area (Å²) in [6, 6.07) is 26.9. The third kappa shape index (κ3) is 4.45. The highest BCUT2D eigenvalue weighted by Crippen LogP contribution is 2.36. The Morgan fingerprint density at radius 3 is 2.34 bits per heavy atom. The molecule has 0 fully saturated rings. The molecule has 35 heavy (non-hydrogen) atoms. The van der Waals surface area contributed by atoms with Crippen LogP contribution in [0, 0.1) is 6.07 Å². The zero-order valence-electron chi connectivity index (χ0n) is 18.5. The molecule has 1 heterocycles. The zero-order chi connectivity index (χ0) is 24.6. The molecule has 7 heteroatoms. The molecule has 0 aliphatic carbocycles. The van der Waals surface area contributed by atoms with Crippen molar-refractivity contribution >= 4 is 27.7 Å². The smallest absolute Gasteiger partial charge is 0.416 e. The Bertz CT molecular complexity index is 1520. The van der Waals surface area contributed by atoms with Gasteiger partial charge in [-0.3, -0.25) is 4.79 Å². The second-order valence-corrected chi connectivity index (χ2v) is 8.21. The number of nitrogens with two attached hydrogens (primary N) is 1. The molecule has 0 spiro atoms. The van der Waals surface area contributed by atoms with E-state index in [0.29, 0.717) is 34.2 Å². The molecule has 175 valence electrons. The van der Waals surface area contributed by atoms with Crippen molar-refractivity contribution in [2.24, 2.45) is 5.73 Å². The number of alkyl halides is 3. The maximum atomic E-state index is 13.5. The highest BCUT2D eigenvalue weighted by atomic mass is 19.4. The van der Waals surface area contributed by atoms with Gasteiger partial charge in [0, 0.05) is 22.9 Å². The number of primary amides is 1. The molecule has 0 aliphatic rings. The summed E-state index contributed by atoms with van der Waals surface area (Å²) in [6.07, 6.45) is -4.52. The first kappa shape index (κ1) is 22.5. The van der Waals surface area contributed by atoms with Crippen LogP contribution in [0.4, 0.5) is 13.2 Å². The fourth-order valence-corrected chi connectivity index (χ4v) is 4.21. The maximum Gasteiger partial charge on any atom is 0.416 e. The van der Waals surface area contributed by atoms with E-state index in [1.165, 1.54) is 0 Å². The molecule has 1 radical (unpaired) electrons. The average Bonchev–Trinajstić information content (AvgIpc) is 3.16. The molecule has 1 aromatic heterocycles. The lowest BCUT2D eigenvalue weighted by Gasteiger charge is -2.11. The van der Waals surface area contributed by atoms with Gasteiger partial charge in [-0.15, -0.1) is 0 Å². The summed E-state index contributed by atoms with van der Waals surface area (Å²) < 4.78 is 48.0. The summed E-state index contributed by atoms with van der Waals surface area (Å²) in [5, 5.41) is 0.914. The van der Waals surface area contributed by atoms with Crippen molar-refractivity contribution in [3.63, 3.8) is 0 Å². The molecule has 5 rings (SSSR count). The number of rotatable bonds is 6. The number of benzene rings is 4. The molecule has 0 saturated heterocycles. The Labute approximate surface area is 199 Å². The summed E-state index contributed by atoms with van der Waals surface area (Å²) in [5.74, 6) is 0.0337. The molecule has 0 bridgehead atoms. The van der Waals surface area contributed by atoms with Gasteiger partial charge in [-0.2, -0.15) is 13.2 Å². The summed E-state index contributed by atoms with van der Waals surface area (Å²) >= 11 is 0. The average molecular weight is 473 g/mol. The number of carbonyl (C=O) groups is 1. The summed E-state index contributed by atoms with van der Waals surface area (Å²) in [7, 11) is 0. The molecule has 5 aromatic rings. The molecular formula is C28H20F3N2O2. The van der Waals surface area contributed by atoms with Gasteiger partial charge in [-0.1, -0.05) is 48.5 Å². The summed E-state index contributed by atoms with van der Waals surface area (Å²) in [5.41, 5.74) is 7.84. The van der Waals surface area contributed by atoms with Crippen molar-refractivity contribution < 1.29 is 22.7 Å². The second kappa shape index (κ2) is 8.83. The lowest BCUT2D eigenvalue weighted by Crippen LogP contribution is -2.11. The van der Waals surface area contributed by atoms with Gasteiger partial charge in [0.15, 0.2) is 0 Å². The molecule has 4 aromatic carbocycles. The predicted molar refractivity (Wildman–Crippen MR) is 128 cm³/mol. The Morgan fingerprint density at radius 2 is 1.66 bits per heavy atom. The van der Waals surface area contributed by atoms with Crippen molar-refractivity contribution in [3.05, 3.63) is 113 Å². The number of carbonyl (C=O) groups excluding carboxylic acids is 1. The lowest BCUT2D eigenvalue weighted by atomic mass is 10.0. The van der Waals surface area contributed by atoms with Gasteiger partial charge in [0.1, 0.15) is 12.4 Å². The van der Waals surface area contributed by atoms with E-state index in [2.05, 4.69) is 6.07 Å². The van der Waals surface area contributed by atoms with Crippen molar-refractivity contribution in [3.8, 4) is 5.75 Å². The standard InChI is InChI=1S/C28H20F3N2O2/c29-28(30,31)20-11-14-22-25(15-20)33(24-8-4-7-23(26(22)24)27(32)34)16-18-9-12-21(13-10-18)35-17-19-5-2-1-3-6-19/h1-13,15H,16-17H2,(H2,32,34). The van der Waals surface area contributed by atoms with Crippen LogP contribution in [0.5, 0.6) is 5.75 Å². The van der Waals surface area contributed by atoms with E-state index in [1.807, 2.05) is 54.6 Å². The number of nitrogens with zero attached hydrogens (tertiary/aromatic N) is 1. The Balaban J connectivity index is 1.53. The number of fused-ring (bicyclic) bond motifs is 3. The number of hydrogen-bond donors (Lipinski definition) is 1. The highest BCUT2D eigenvalue weighted by molar-refractivity contribution is 6.17.